The molecule has 1 aliphatic rings. The molecule has 1 fully saturated rings. The van der Waals surface area contributed by atoms with Crippen LogP contribution in [-0.4, -0.2) is 52.2 Å². The van der Waals surface area contributed by atoms with Crippen LogP contribution < -0.4 is 5.32 Å². The standard InChI is InChI=1S/C19H28N4OS.ClH/c1-3-12-23(15-8-10-20-11-9-15)18(24)13-25-14(2)19-21-16-6-4-5-7-17(16)22-19;/h4-7,14-15,20H,3,8-13H2,1-2H3,(H,21,22);1H. The maximum absolute atomic E-state index is 12.8. The number of halogens is 1. The number of carbonyl (C=O) groups is 1. The number of nitrogens with zero attached hydrogens (tertiary/aromatic N) is 2. The first kappa shape index (κ1) is 21.1. The van der Waals surface area contributed by atoms with Gasteiger partial charge in [-0.2, -0.15) is 0 Å². The van der Waals surface area contributed by atoms with Crippen molar-refractivity contribution >= 4 is 41.1 Å². The zero-order valence-electron chi connectivity index (χ0n) is 15.5. The second-order valence-corrected chi connectivity index (χ2v) is 7.99. The Labute approximate surface area is 166 Å². The predicted molar refractivity (Wildman–Crippen MR) is 112 cm³/mol. The summed E-state index contributed by atoms with van der Waals surface area (Å²) < 4.78 is 0. The van der Waals surface area contributed by atoms with E-state index in [1.807, 2.05) is 24.3 Å². The number of benzene rings is 1. The molecule has 5 nitrogen and oxygen atoms in total. The van der Waals surface area contributed by atoms with E-state index in [-0.39, 0.29) is 23.6 Å². The fourth-order valence-corrected chi connectivity index (χ4v) is 4.22. The van der Waals surface area contributed by atoms with E-state index >= 15 is 0 Å². The Morgan fingerprint density at radius 2 is 2.08 bits per heavy atom. The van der Waals surface area contributed by atoms with Gasteiger partial charge in [-0.25, -0.2) is 4.98 Å². The zero-order valence-corrected chi connectivity index (χ0v) is 17.2. The average Bonchev–Trinajstić information content (AvgIpc) is 3.09. The van der Waals surface area contributed by atoms with Crippen molar-refractivity contribution in [2.75, 3.05) is 25.4 Å². The molecule has 2 heterocycles. The molecule has 2 N–H and O–H groups in total. The highest BCUT2D eigenvalue weighted by Crippen LogP contribution is 2.28. The second kappa shape index (κ2) is 10.2. The summed E-state index contributed by atoms with van der Waals surface area (Å²) in [6, 6.07) is 8.45. The fraction of sp³-hybridized carbons (Fsp3) is 0.579. The van der Waals surface area contributed by atoms with E-state index in [0.29, 0.717) is 11.8 Å². The van der Waals surface area contributed by atoms with Gasteiger partial charge in [0, 0.05) is 12.6 Å². The molecule has 144 valence electrons. The SMILES string of the molecule is CCCN(C(=O)CSC(C)c1nc2ccccc2[nH]1)C1CCNCC1.Cl. The molecule has 0 aliphatic carbocycles. The Balaban J connectivity index is 0.00000243. The topological polar surface area (TPSA) is 61.0 Å². The molecule has 26 heavy (non-hydrogen) atoms. The van der Waals surface area contributed by atoms with Crippen LogP contribution in [0.5, 0.6) is 0 Å². The summed E-state index contributed by atoms with van der Waals surface area (Å²) in [5, 5.41) is 3.55. The molecule has 1 amide bonds. The summed E-state index contributed by atoms with van der Waals surface area (Å²) in [6.07, 6.45) is 3.14. The molecule has 1 aromatic carbocycles. The van der Waals surface area contributed by atoms with Gasteiger partial charge in [-0.15, -0.1) is 24.2 Å². The van der Waals surface area contributed by atoms with E-state index in [1.54, 1.807) is 11.8 Å². The van der Waals surface area contributed by atoms with E-state index in [9.17, 15) is 4.79 Å². The third-order valence-electron chi connectivity index (χ3n) is 4.78. The van der Waals surface area contributed by atoms with Crippen LogP contribution in [0.2, 0.25) is 0 Å². The molecular formula is C19H29ClN4OS. The van der Waals surface area contributed by atoms with Crippen molar-refractivity contribution in [2.45, 2.75) is 44.4 Å². The number of H-pyrrole nitrogens is 1. The number of nitrogens with one attached hydrogen (secondary N) is 2. The maximum atomic E-state index is 12.8. The van der Waals surface area contributed by atoms with Gasteiger partial charge in [0.15, 0.2) is 0 Å². The number of aromatic nitrogens is 2. The van der Waals surface area contributed by atoms with Gasteiger partial charge in [0.25, 0.3) is 0 Å². The van der Waals surface area contributed by atoms with Gasteiger partial charge in [0.2, 0.25) is 5.91 Å². The second-order valence-electron chi connectivity index (χ2n) is 6.66. The summed E-state index contributed by atoms with van der Waals surface area (Å²) in [7, 11) is 0. The number of hydrogen-bond acceptors (Lipinski definition) is 4. The van der Waals surface area contributed by atoms with Gasteiger partial charge in [0.1, 0.15) is 5.82 Å². The fourth-order valence-electron chi connectivity index (χ4n) is 3.39. The Kier molecular flexibility index (Phi) is 8.25. The largest absolute Gasteiger partial charge is 0.341 e. The number of piperidine rings is 1. The minimum Gasteiger partial charge on any atom is -0.341 e. The lowest BCUT2D eigenvalue weighted by molar-refractivity contribution is -0.131. The van der Waals surface area contributed by atoms with Gasteiger partial charge < -0.3 is 15.2 Å². The van der Waals surface area contributed by atoms with Crippen molar-refractivity contribution in [2.24, 2.45) is 0 Å². The molecular weight excluding hydrogens is 368 g/mol. The number of thioether (sulfide) groups is 1. The first-order valence-corrected chi connectivity index (χ1v) is 10.3. The van der Waals surface area contributed by atoms with Crippen LogP contribution in [0.4, 0.5) is 0 Å². The quantitative estimate of drug-likeness (QED) is 0.747. The molecule has 2 aromatic rings. The molecule has 0 bridgehead atoms. The van der Waals surface area contributed by atoms with Crippen molar-refractivity contribution in [3.05, 3.63) is 30.1 Å². The number of carbonyl (C=O) groups excluding carboxylic acids is 1. The number of amides is 1. The van der Waals surface area contributed by atoms with Gasteiger partial charge in [-0.05, 0) is 51.4 Å². The normalized spacial score (nSPS) is 16.2. The molecule has 0 spiro atoms. The van der Waals surface area contributed by atoms with Gasteiger partial charge in [0.05, 0.1) is 22.0 Å². The molecule has 7 heteroatoms. The number of rotatable bonds is 7. The molecule has 1 unspecified atom stereocenters. The van der Waals surface area contributed by atoms with Crippen LogP contribution in [0.3, 0.4) is 0 Å². The van der Waals surface area contributed by atoms with Crippen LogP contribution in [0, 0.1) is 0 Å². The molecule has 0 radical (unpaired) electrons. The van der Waals surface area contributed by atoms with Crippen LogP contribution in [0.25, 0.3) is 11.0 Å². The highest BCUT2D eigenvalue weighted by molar-refractivity contribution is 8.00. The number of para-hydroxylation sites is 2. The molecule has 1 saturated heterocycles. The summed E-state index contributed by atoms with van der Waals surface area (Å²) >= 11 is 1.67. The highest BCUT2D eigenvalue weighted by atomic mass is 35.5. The number of imidazole rings is 1. The van der Waals surface area contributed by atoms with Gasteiger partial charge in [-0.1, -0.05) is 19.1 Å². The van der Waals surface area contributed by atoms with Crippen LogP contribution in [0.1, 0.15) is 44.2 Å². The van der Waals surface area contributed by atoms with Crippen molar-refractivity contribution in [3.63, 3.8) is 0 Å². The Bertz CT molecular complexity index is 669. The summed E-state index contributed by atoms with van der Waals surface area (Å²) in [4.78, 5) is 22.9. The van der Waals surface area contributed by atoms with E-state index in [2.05, 4.69) is 34.0 Å². The van der Waals surface area contributed by atoms with Crippen molar-refractivity contribution < 1.29 is 4.79 Å². The number of aromatic amines is 1. The summed E-state index contributed by atoms with van der Waals surface area (Å²) in [6.45, 7) is 7.15. The molecule has 1 aliphatic heterocycles. The Hall–Kier alpha value is -1.24. The van der Waals surface area contributed by atoms with Gasteiger partial charge in [-0.3, -0.25) is 4.79 Å². The number of hydrogen-bond donors (Lipinski definition) is 2. The van der Waals surface area contributed by atoms with Crippen LogP contribution in [0.15, 0.2) is 24.3 Å². The first-order valence-electron chi connectivity index (χ1n) is 9.25. The van der Waals surface area contributed by atoms with Gasteiger partial charge >= 0.3 is 0 Å². The van der Waals surface area contributed by atoms with E-state index in [4.69, 9.17) is 0 Å². The Morgan fingerprint density at radius 3 is 2.77 bits per heavy atom. The average molecular weight is 397 g/mol. The lowest BCUT2D eigenvalue weighted by atomic mass is 10.0. The lowest BCUT2D eigenvalue weighted by Crippen LogP contribution is -2.47. The smallest absolute Gasteiger partial charge is 0.232 e. The molecule has 3 rings (SSSR count). The molecule has 1 aromatic heterocycles. The number of fused-ring (bicyclic) bond motifs is 1. The Morgan fingerprint density at radius 1 is 1.35 bits per heavy atom. The van der Waals surface area contributed by atoms with Crippen LogP contribution in [-0.2, 0) is 4.79 Å². The van der Waals surface area contributed by atoms with Crippen molar-refractivity contribution in [1.29, 1.82) is 0 Å². The minimum absolute atomic E-state index is 0. The highest BCUT2D eigenvalue weighted by Gasteiger charge is 2.25. The monoisotopic (exact) mass is 396 g/mol. The van der Waals surface area contributed by atoms with E-state index in [0.717, 1.165) is 55.8 Å². The zero-order chi connectivity index (χ0) is 17.6. The lowest BCUT2D eigenvalue weighted by Gasteiger charge is -2.34. The first-order chi connectivity index (χ1) is 12.2. The molecule has 0 saturated carbocycles. The maximum Gasteiger partial charge on any atom is 0.232 e. The van der Waals surface area contributed by atoms with Crippen molar-refractivity contribution in [3.8, 4) is 0 Å². The third kappa shape index (κ3) is 5.15. The minimum atomic E-state index is 0. The third-order valence-corrected chi connectivity index (χ3v) is 5.92. The van der Waals surface area contributed by atoms with E-state index < -0.39 is 0 Å². The molecule has 1 atom stereocenters. The van der Waals surface area contributed by atoms with Crippen molar-refractivity contribution in [1.82, 2.24) is 20.2 Å². The summed E-state index contributed by atoms with van der Waals surface area (Å²) in [5.41, 5.74) is 2.04. The van der Waals surface area contributed by atoms with Crippen LogP contribution >= 0.6 is 24.2 Å². The van der Waals surface area contributed by atoms with E-state index in [1.165, 1.54) is 0 Å². The summed E-state index contributed by atoms with van der Waals surface area (Å²) in [5.74, 6) is 1.73. The predicted octanol–water partition coefficient (Wildman–Crippen LogP) is 3.77.